The second-order valence-corrected chi connectivity index (χ2v) is 6.09. The van der Waals surface area contributed by atoms with E-state index in [2.05, 4.69) is 5.32 Å². The van der Waals surface area contributed by atoms with Crippen molar-refractivity contribution in [3.8, 4) is 5.75 Å². The molecular formula is C17H14Cl2N2O4. The summed E-state index contributed by atoms with van der Waals surface area (Å²) in [5.74, 6) is -0.267. The summed E-state index contributed by atoms with van der Waals surface area (Å²) in [6, 6.07) is 11.7. The van der Waals surface area contributed by atoms with Crippen LogP contribution in [0, 0.1) is 0 Å². The Kier molecular flexibility index (Phi) is 5.31. The Morgan fingerprint density at radius 3 is 2.60 bits per heavy atom. The first-order valence-corrected chi connectivity index (χ1v) is 8.22. The molecule has 8 heteroatoms. The quantitative estimate of drug-likeness (QED) is 0.666. The minimum absolute atomic E-state index is 0.144. The van der Waals surface area contributed by atoms with E-state index >= 15 is 0 Å². The lowest BCUT2D eigenvalue weighted by atomic mass is 10.3. The second-order valence-electron chi connectivity index (χ2n) is 5.22. The van der Waals surface area contributed by atoms with Gasteiger partial charge in [-0.3, -0.25) is 9.36 Å². The molecule has 1 N–H and O–H groups in total. The normalized spacial score (nSPS) is 10.8. The number of halogens is 2. The van der Waals surface area contributed by atoms with Gasteiger partial charge in [0.15, 0.2) is 5.58 Å². The van der Waals surface area contributed by atoms with Crippen molar-refractivity contribution in [3.63, 3.8) is 0 Å². The second kappa shape index (κ2) is 7.63. The number of hydrogen-bond donors (Lipinski definition) is 1. The van der Waals surface area contributed by atoms with Gasteiger partial charge in [0.1, 0.15) is 18.9 Å². The molecule has 0 aliphatic carbocycles. The number of oxazole rings is 1. The predicted octanol–water partition coefficient (Wildman–Crippen LogP) is 3.10. The monoisotopic (exact) mass is 380 g/mol. The Morgan fingerprint density at radius 2 is 1.84 bits per heavy atom. The third kappa shape index (κ3) is 4.35. The van der Waals surface area contributed by atoms with E-state index in [1.165, 1.54) is 10.6 Å². The summed E-state index contributed by atoms with van der Waals surface area (Å²) >= 11 is 11.6. The molecule has 0 bridgehead atoms. The van der Waals surface area contributed by atoms with E-state index in [9.17, 15) is 9.59 Å². The summed E-state index contributed by atoms with van der Waals surface area (Å²) in [6.45, 7) is 0.455. The zero-order valence-electron chi connectivity index (χ0n) is 13.0. The lowest BCUT2D eigenvalue weighted by Crippen LogP contribution is -2.33. The van der Waals surface area contributed by atoms with E-state index < -0.39 is 5.76 Å². The Morgan fingerprint density at radius 1 is 1.12 bits per heavy atom. The van der Waals surface area contributed by atoms with Gasteiger partial charge in [-0.2, -0.15) is 0 Å². The van der Waals surface area contributed by atoms with Crippen LogP contribution in [0.5, 0.6) is 5.75 Å². The van der Waals surface area contributed by atoms with Crippen LogP contribution in [0.15, 0.2) is 51.7 Å². The Balaban J connectivity index is 1.53. The fourth-order valence-corrected chi connectivity index (χ4v) is 2.57. The summed E-state index contributed by atoms with van der Waals surface area (Å²) in [4.78, 5) is 23.9. The summed E-state index contributed by atoms with van der Waals surface area (Å²) in [7, 11) is 0. The van der Waals surface area contributed by atoms with Gasteiger partial charge in [0, 0.05) is 16.1 Å². The van der Waals surface area contributed by atoms with Crippen molar-refractivity contribution >= 4 is 40.2 Å². The van der Waals surface area contributed by atoms with Crippen LogP contribution in [0.3, 0.4) is 0 Å². The molecule has 0 radical (unpaired) electrons. The first kappa shape index (κ1) is 17.4. The average molecular weight is 381 g/mol. The number of carbonyl (C=O) groups excluding carboxylic acids is 1. The van der Waals surface area contributed by atoms with Gasteiger partial charge in [0.2, 0.25) is 5.91 Å². The summed E-state index contributed by atoms with van der Waals surface area (Å²) in [5, 5.41) is 3.77. The fraction of sp³-hybridized carbons (Fsp3) is 0.176. The van der Waals surface area contributed by atoms with Crippen molar-refractivity contribution in [3.05, 3.63) is 63.1 Å². The molecule has 3 rings (SSSR count). The first-order valence-electron chi connectivity index (χ1n) is 7.47. The molecule has 1 amide bonds. The number of fused-ring (bicyclic) bond motifs is 1. The first-order chi connectivity index (χ1) is 12.0. The van der Waals surface area contributed by atoms with Crippen LogP contribution in [0.2, 0.25) is 10.0 Å². The van der Waals surface area contributed by atoms with E-state index in [1.54, 1.807) is 36.4 Å². The van der Waals surface area contributed by atoms with E-state index in [1.807, 2.05) is 0 Å². The van der Waals surface area contributed by atoms with E-state index in [-0.39, 0.29) is 12.5 Å². The van der Waals surface area contributed by atoms with Gasteiger partial charge in [-0.25, -0.2) is 4.79 Å². The molecule has 0 aliphatic rings. The molecule has 6 nitrogen and oxygen atoms in total. The number of benzene rings is 2. The average Bonchev–Trinajstić information content (AvgIpc) is 2.88. The van der Waals surface area contributed by atoms with Crippen molar-refractivity contribution in [2.24, 2.45) is 0 Å². The van der Waals surface area contributed by atoms with Crippen LogP contribution in [0.1, 0.15) is 0 Å². The minimum atomic E-state index is -0.607. The topological polar surface area (TPSA) is 73.5 Å². The van der Waals surface area contributed by atoms with Crippen molar-refractivity contribution in [2.75, 3.05) is 13.2 Å². The van der Waals surface area contributed by atoms with E-state index in [0.29, 0.717) is 40.0 Å². The lowest BCUT2D eigenvalue weighted by Gasteiger charge is -2.08. The van der Waals surface area contributed by atoms with Crippen molar-refractivity contribution < 1.29 is 13.9 Å². The van der Waals surface area contributed by atoms with E-state index in [4.69, 9.17) is 32.4 Å². The third-order valence-corrected chi connectivity index (χ3v) is 3.93. The zero-order valence-corrected chi connectivity index (χ0v) is 14.5. The molecule has 0 saturated heterocycles. The maximum absolute atomic E-state index is 12.0. The highest BCUT2D eigenvalue weighted by Crippen LogP contribution is 2.18. The number of ether oxygens (including phenoxy) is 1. The molecule has 2 aromatic carbocycles. The lowest BCUT2D eigenvalue weighted by molar-refractivity contribution is -0.121. The molecular weight excluding hydrogens is 367 g/mol. The van der Waals surface area contributed by atoms with E-state index in [0.717, 1.165) is 0 Å². The molecule has 0 aliphatic heterocycles. The molecule has 0 spiro atoms. The third-order valence-electron chi connectivity index (χ3n) is 3.44. The molecule has 0 unspecified atom stereocenters. The predicted molar refractivity (Wildman–Crippen MR) is 95.4 cm³/mol. The van der Waals surface area contributed by atoms with Crippen LogP contribution >= 0.6 is 23.2 Å². The zero-order chi connectivity index (χ0) is 17.8. The van der Waals surface area contributed by atoms with Gasteiger partial charge in [-0.05, 0) is 36.4 Å². The van der Waals surface area contributed by atoms with Gasteiger partial charge >= 0.3 is 5.76 Å². The van der Waals surface area contributed by atoms with Crippen molar-refractivity contribution in [2.45, 2.75) is 6.54 Å². The number of rotatable bonds is 6. The summed E-state index contributed by atoms with van der Waals surface area (Å²) in [6.07, 6.45) is 0. The maximum atomic E-state index is 12.0. The highest BCUT2D eigenvalue weighted by molar-refractivity contribution is 6.31. The number of aromatic nitrogens is 1. The Hall–Kier alpha value is -2.44. The fourth-order valence-electron chi connectivity index (χ4n) is 2.28. The number of nitrogens with zero attached hydrogens (tertiary/aromatic N) is 1. The molecule has 1 aromatic heterocycles. The van der Waals surface area contributed by atoms with Gasteiger partial charge in [-0.1, -0.05) is 23.2 Å². The van der Waals surface area contributed by atoms with Crippen molar-refractivity contribution in [1.29, 1.82) is 0 Å². The van der Waals surface area contributed by atoms with Gasteiger partial charge in [-0.15, -0.1) is 0 Å². The van der Waals surface area contributed by atoms with Gasteiger partial charge < -0.3 is 14.5 Å². The standard InChI is InChI=1S/C17H14Cl2N2O4/c18-11-1-4-13(5-2-11)24-8-7-20-16(22)10-21-14-6-3-12(19)9-15(14)25-17(21)23/h1-6,9H,7-8,10H2,(H,20,22). The number of hydrogen-bond acceptors (Lipinski definition) is 4. The minimum Gasteiger partial charge on any atom is -0.492 e. The summed E-state index contributed by atoms with van der Waals surface area (Å²) in [5.41, 5.74) is 0.860. The van der Waals surface area contributed by atoms with Crippen LogP contribution in [-0.2, 0) is 11.3 Å². The number of carbonyl (C=O) groups is 1. The molecule has 1 heterocycles. The van der Waals surface area contributed by atoms with Gasteiger partial charge in [0.25, 0.3) is 0 Å². The Bertz CT molecular complexity index is 947. The van der Waals surface area contributed by atoms with Crippen molar-refractivity contribution in [1.82, 2.24) is 9.88 Å². The molecule has 0 fully saturated rings. The summed E-state index contributed by atoms with van der Waals surface area (Å²) < 4.78 is 11.8. The largest absolute Gasteiger partial charge is 0.492 e. The SMILES string of the molecule is O=C(Cn1c(=O)oc2cc(Cl)ccc21)NCCOc1ccc(Cl)cc1. The molecule has 130 valence electrons. The number of nitrogens with one attached hydrogen (secondary N) is 1. The molecule has 0 atom stereocenters. The highest BCUT2D eigenvalue weighted by atomic mass is 35.5. The van der Waals surface area contributed by atoms with Crippen LogP contribution < -0.4 is 15.8 Å². The van der Waals surface area contributed by atoms with Crippen LogP contribution in [0.4, 0.5) is 0 Å². The molecule has 25 heavy (non-hydrogen) atoms. The van der Waals surface area contributed by atoms with Crippen LogP contribution in [-0.4, -0.2) is 23.6 Å². The maximum Gasteiger partial charge on any atom is 0.420 e. The molecule has 0 saturated carbocycles. The molecule has 3 aromatic rings. The Labute approximate surface area is 152 Å². The van der Waals surface area contributed by atoms with Gasteiger partial charge in [0.05, 0.1) is 12.1 Å². The highest BCUT2D eigenvalue weighted by Gasteiger charge is 2.12. The smallest absolute Gasteiger partial charge is 0.420 e. The van der Waals surface area contributed by atoms with Crippen LogP contribution in [0.25, 0.3) is 11.1 Å². The number of amides is 1.